The molecule has 0 aliphatic heterocycles. The van der Waals surface area contributed by atoms with Crippen molar-refractivity contribution in [2.24, 2.45) is 0 Å². The van der Waals surface area contributed by atoms with E-state index in [9.17, 15) is 4.79 Å². The molecule has 5 nitrogen and oxygen atoms in total. The van der Waals surface area contributed by atoms with Gasteiger partial charge in [-0.25, -0.2) is 0 Å². The number of pyridine rings is 1. The molecule has 3 aromatic rings. The molecule has 0 unspecified atom stereocenters. The third-order valence-corrected chi connectivity index (χ3v) is 5.19. The summed E-state index contributed by atoms with van der Waals surface area (Å²) in [6, 6.07) is 16.3. The molecule has 1 amide bonds. The van der Waals surface area contributed by atoms with E-state index in [0.29, 0.717) is 13.1 Å². The number of benzene rings is 1. The molecule has 0 aliphatic rings. The minimum absolute atomic E-state index is 0.0723. The monoisotopic (exact) mass is 390 g/mol. The highest BCUT2D eigenvalue weighted by Gasteiger charge is 2.22. The van der Waals surface area contributed by atoms with Gasteiger partial charge in [-0.15, -0.1) is 0 Å². The van der Waals surface area contributed by atoms with Gasteiger partial charge in [0.1, 0.15) is 0 Å². The topological polar surface area (TPSA) is 41.4 Å². The molecule has 0 aliphatic carbocycles. The fraction of sp³-hybridized carbons (Fsp3) is 0.333. The molecule has 0 radical (unpaired) electrons. The summed E-state index contributed by atoms with van der Waals surface area (Å²) in [5.41, 5.74) is 5.16. The maximum absolute atomic E-state index is 13.5. The molecule has 2 heterocycles. The fourth-order valence-corrected chi connectivity index (χ4v) is 3.48. The number of aromatic nitrogens is 2. The van der Waals surface area contributed by atoms with Crippen LogP contribution in [0.15, 0.2) is 60.9 Å². The number of carbonyl (C=O) groups excluding carboxylic acids is 1. The molecule has 152 valence electrons. The van der Waals surface area contributed by atoms with E-state index >= 15 is 0 Å². The van der Waals surface area contributed by atoms with Gasteiger partial charge in [-0.05, 0) is 51.2 Å². The molecule has 0 saturated heterocycles. The van der Waals surface area contributed by atoms with Crippen LogP contribution in [0, 0.1) is 13.8 Å². The highest BCUT2D eigenvalue weighted by molar-refractivity contribution is 5.95. The second-order valence-electron chi connectivity index (χ2n) is 7.75. The van der Waals surface area contributed by atoms with Gasteiger partial charge in [0.25, 0.3) is 5.91 Å². The van der Waals surface area contributed by atoms with Crippen LogP contribution in [-0.2, 0) is 13.1 Å². The van der Waals surface area contributed by atoms with Crippen LogP contribution in [0.2, 0.25) is 0 Å². The number of hydrogen-bond donors (Lipinski definition) is 0. The van der Waals surface area contributed by atoms with Gasteiger partial charge in [-0.2, -0.15) is 0 Å². The largest absolute Gasteiger partial charge is 0.344 e. The van der Waals surface area contributed by atoms with E-state index in [1.165, 1.54) is 5.56 Å². The lowest BCUT2D eigenvalue weighted by molar-refractivity contribution is 0.0731. The molecule has 1 aromatic carbocycles. The molecule has 2 aromatic heterocycles. The summed E-state index contributed by atoms with van der Waals surface area (Å²) in [5.74, 6) is 0.0723. The summed E-state index contributed by atoms with van der Waals surface area (Å²) in [7, 11) is 4.05. The number of nitrogens with zero attached hydrogens (tertiary/aromatic N) is 4. The summed E-state index contributed by atoms with van der Waals surface area (Å²) >= 11 is 0. The highest BCUT2D eigenvalue weighted by Crippen LogP contribution is 2.20. The van der Waals surface area contributed by atoms with Crippen molar-refractivity contribution in [3.63, 3.8) is 0 Å². The molecule has 0 bridgehead atoms. The Morgan fingerprint density at radius 3 is 2.38 bits per heavy atom. The van der Waals surface area contributed by atoms with Crippen LogP contribution in [0.25, 0.3) is 0 Å². The molecule has 0 fully saturated rings. The standard InChI is InChI=1S/C24H30N4O/c1-19-15-23(20(2)28(19)18-21-9-6-5-7-10-21)24(29)27(14-13-26(3)4)17-22-11-8-12-25-16-22/h5-12,15-16H,13-14,17-18H2,1-4H3. The zero-order valence-electron chi connectivity index (χ0n) is 17.8. The number of carbonyl (C=O) groups is 1. The maximum atomic E-state index is 13.5. The fourth-order valence-electron chi connectivity index (χ4n) is 3.48. The van der Waals surface area contributed by atoms with Gasteiger partial charge in [-0.3, -0.25) is 9.78 Å². The van der Waals surface area contributed by atoms with Crippen LogP contribution in [0.1, 0.15) is 32.9 Å². The Labute approximate surface area is 173 Å². The van der Waals surface area contributed by atoms with Crippen molar-refractivity contribution in [3.8, 4) is 0 Å². The molecule has 3 rings (SSSR count). The third kappa shape index (κ3) is 5.33. The molecule has 0 saturated carbocycles. The van der Waals surface area contributed by atoms with Crippen LogP contribution in [0.3, 0.4) is 0 Å². The molecule has 29 heavy (non-hydrogen) atoms. The Kier molecular flexibility index (Phi) is 6.83. The van der Waals surface area contributed by atoms with Gasteiger partial charge in [-0.1, -0.05) is 36.4 Å². The summed E-state index contributed by atoms with van der Waals surface area (Å²) < 4.78 is 2.22. The summed E-state index contributed by atoms with van der Waals surface area (Å²) in [4.78, 5) is 21.7. The quantitative estimate of drug-likeness (QED) is 0.588. The van der Waals surface area contributed by atoms with Crippen LogP contribution in [0.4, 0.5) is 0 Å². The maximum Gasteiger partial charge on any atom is 0.256 e. The first-order valence-electron chi connectivity index (χ1n) is 9.99. The van der Waals surface area contributed by atoms with Gasteiger partial charge < -0.3 is 14.4 Å². The van der Waals surface area contributed by atoms with E-state index < -0.39 is 0 Å². The third-order valence-electron chi connectivity index (χ3n) is 5.19. The number of amides is 1. The first-order valence-corrected chi connectivity index (χ1v) is 9.99. The Bertz CT molecular complexity index is 932. The lowest BCUT2D eigenvalue weighted by Gasteiger charge is -2.24. The second-order valence-corrected chi connectivity index (χ2v) is 7.75. The van der Waals surface area contributed by atoms with E-state index in [1.807, 2.05) is 68.5 Å². The van der Waals surface area contributed by atoms with Crippen molar-refractivity contribution < 1.29 is 4.79 Å². The molecule has 0 spiro atoms. The van der Waals surface area contributed by atoms with Crippen molar-refractivity contribution in [2.75, 3.05) is 27.2 Å². The van der Waals surface area contributed by atoms with Gasteiger partial charge in [0.05, 0.1) is 5.56 Å². The summed E-state index contributed by atoms with van der Waals surface area (Å²) in [6.07, 6.45) is 3.58. The first-order chi connectivity index (χ1) is 14.0. The molecular weight excluding hydrogens is 360 g/mol. The number of aryl methyl sites for hydroxylation is 1. The van der Waals surface area contributed by atoms with Crippen molar-refractivity contribution in [2.45, 2.75) is 26.9 Å². The average Bonchev–Trinajstić information content (AvgIpc) is 3.00. The van der Waals surface area contributed by atoms with Gasteiger partial charge in [0, 0.05) is 50.0 Å². The normalized spacial score (nSPS) is 11.1. The van der Waals surface area contributed by atoms with E-state index in [0.717, 1.165) is 35.6 Å². The Balaban J connectivity index is 1.85. The molecule has 5 heteroatoms. The smallest absolute Gasteiger partial charge is 0.256 e. The highest BCUT2D eigenvalue weighted by atomic mass is 16.2. The summed E-state index contributed by atoms with van der Waals surface area (Å²) in [5, 5.41) is 0. The van der Waals surface area contributed by atoms with Crippen LogP contribution < -0.4 is 0 Å². The van der Waals surface area contributed by atoms with E-state index in [-0.39, 0.29) is 5.91 Å². The number of likely N-dealkylation sites (N-methyl/N-ethyl adjacent to an activating group) is 1. The zero-order valence-corrected chi connectivity index (χ0v) is 17.8. The Morgan fingerprint density at radius 2 is 1.72 bits per heavy atom. The van der Waals surface area contributed by atoms with Crippen molar-refractivity contribution >= 4 is 5.91 Å². The minimum Gasteiger partial charge on any atom is -0.344 e. The minimum atomic E-state index is 0.0723. The Morgan fingerprint density at radius 1 is 1.00 bits per heavy atom. The van der Waals surface area contributed by atoms with Gasteiger partial charge >= 0.3 is 0 Å². The van der Waals surface area contributed by atoms with Crippen molar-refractivity contribution in [1.29, 1.82) is 0 Å². The lowest BCUT2D eigenvalue weighted by atomic mass is 10.2. The van der Waals surface area contributed by atoms with Crippen LogP contribution in [-0.4, -0.2) is 52.4 Å². The average molecular weight is 391 g/mol. The van der Waals surface area contributed by atoms with Crippen LogP contribution >= 0.6 is 0 Å². The molecule has 0 N–H and O–H groups in total. The van der Waals surface area contributed by atoms with Crippen molar-refractivity contribution in [3.05, 3.63) is 89.0 Å². The summed E-state index contributed by atoms with van der Waals surface area (Å²) in [6.45, 7) is 6.92. The number of hydrogen-bond acceptors (Lipinski definition) is 3. The predicted molar refractivity (Wildman–Crippen MR) is 117 cm³/mol. The van der Waals surface area contributed by atoms with Gasteiger partial charge in [0.2, 0.25) is 0 Å². The van der Waals surface area contributed by atoms with E-state index in [1.54, 1.807) is 6.20 Å². The number of rotatable bonds is 8. The molecular formula is C24H30N4O. The zero-order chi connectivity index (χ0) is 20.8. The van der Waals surface area contributed by atoms with Gasteiger partial charge in [0.15, 0.2) is 0 Å². The Hall–Kier alpha value is -2.92. The van der Waals surface area contributed by atoms with Crippen molar-refractivity contribution in [1.82, 2.24) is 19.4 Å². The van der Waals surface area contributed by atoms with Crippen LogP contribution in [0.5, 0.6) is 0 Å². The predicted octanol–water partition coefficient (Wildman–Crippen LogP) is 3.75. The van der Waals surface area contributed by atoms with E-state index in [4.69, 9.17) is 0 Å². The second kappa shape index (κ2) is 9.52. The van der Waals surface area contributed by atoms with E-state index in [2.05, 4.69) is 33.5 Å². The lowest BCUT2D eigenvalue weighted by Crippen LogP contribution is -2.36. The SMILES string of the molecule is Cc1cc(C(=O)N(CCN(C)C)Cc2cccnc2)c(C)n1Cc1ccccc1. The first kappa shape index (κ1) is 20.8. The molecule has 0 atom stereocenters.